The maximum Gasteiger partial charge on any atom is 0.238 e. The minimum absolute atomic E-state index is 0.164. The van der Waals surface area contributed by atoms with Gasteiger partial charge in [0.2, 0.25) is 5.91 Å². The number of hydrogen-bond donors (Lipinski definition) is 2. The molecule has 1 amide bonds. The lowest BCUT2D eigenvalue weighted by Gasteiger charge is -2.39. The van der Waals surface area contributed by atoms with Crippen molar-refractivity contribution >= 4 is 5.91 Å². The molecule has 1 saturated heterocycles. The molecule has 4 nitrogen and oxygen atoms in total. The molecule has 0 aromatic carbocycles. The van der Waals surface area contributed by atoms with Crippen molar-refractivity contribution in [2.75, 3.05) is 20.1 Å². The van der Waals surface area contributed by atoms with Gasteiger partial charge in [0.05, 0.1) is 0 Å². The highest BCUT2D eigenvalue weighted by Crippen LogP contribution is 2.38. The van der Waals surface area contributed by atoms with E-state index < -0.39 is 5.54 Å². The minimum Gasteiger partial charge on any atom is -0.368 e. The van der Waals surface area contributed by atoms with E-state index in [2.05, 4.69) is 24.1 Å². The lowest BCUT2D eigenvalue weighted by Crippen LogP contribution is -2.57. The minimum atomic E-state index is -0.452. The van der Waals surface area contributed by atoms with Crippen LogP contribution in [0.2, 0.25) is 0 Å². The van der Waals surface area contributed by atoms with Crippen LogP contribution in [-0.2, 0) is 4.79 Å². The second-order valence-corrected chi connectivity index (χ2v) is 6.98. The van der Waals surface area contributed by atoms with Crippen LogP contribution in [0.3, 0.4) is 0 Å². The number of rotatable bonds is 5. The van der Waals surface area contributed by atoms with Gasteiger partial charge in [0.1, 0.15) is 5.54 Å². The number of piperidine rings is 1. The number of nitrogens with two attached hydrogens (primary N) is 1. The molecule has 1 aliphatic carbocycles. The Balaban J connectivity index is 1.91. The van der Waals surface area contributed by atoms with Gasteiger partial charge in [-0.3, -0.25) is 4.79 Å². The fraction of sp³-hybridized carbons (Fsp3) is 0.938. The van der Waals surface area contributed by atoms with Gasteiger partial charge in [-0.05, 0) is 71.0 Å². The average Bonchev–Trinajstić information content (AvgIpc) is 2.82. The van der Waals surface area contributed by atoms with Crippen molar-refractivity contribution in [3.8, 4) is 0 Å². The monoisotopic (exact) mass is 281 g/mol. The van der Waals surface area contributed by atoms with Crippen LogP contribution in [0, 0.1) is 11.8 Å². The quantitative estimate of drug-likeness (QED) is 0.807. The first-order valence-electron chi connectivity index (χ1n) is 8.22. The molecule has 116 valence electrons. The maximum absolute atomic E-state index is 11.9. The first-order valence-corrected chi connectivity index (χ1v) is 8.22. The number of carbonyl (C=O) groups is 1. The molecule has 4 unspecified atom stereocenters. The van der Waals surface area contributed by atoms with Crippen LogP contribution in [0.25, 0.3) is 0 Å². The molecule has 3 N–H and O–H groups in total. The van der Waals surface area contributed by atoms with Crippen LogP contribution in [-0.4, -0.2) is 42.5 Å². The van der Waals surface area contributed by atoms with Crippen molar-refractivity contribution in [3.63, 3.8) is 0 Å². The van der Waals surface area contributed by atoms with Crippen molar-refractivity contribution in [1.82, 2.24) is 10.2 Å². The van der Waals surface area contributed by atoms with E-state index >= 15 is 0 Å². The van der Waals surface area contributed by atoms with Gasteiger partial charge in [0, 0.05) is 6.04 Å². The van der Waals surface area contributed by atoms with Gasteiger partial charge in [-0.15, -0.1) is 0 Å². The number of nitrogens with one attached hydrogen (secondary N) is 1. The first kappa shape index (κ1) is 15.8. The van der Waals surface area contributed by atoms with Gasteiger partial charge in [-0.1, -0.05) is 13.3 Å². The number of carbonyl (C=O) groups excluding carboxylic acids is 1. The molecule has 0 aromatic heterocycles. The van der Waals surface area contributed by atoms with Gasteiger partial charge >= 0.3 is 0 Å². The fourth-order valence-electron chi connectivity index (χ4n) is 4.35. The first-order chi connectivity index (χ1) is 9.49. The summed E-state index contributed by atoms with van der Waals surface area (Å²) in [6, 6.07) is 0.678. The molecule has 2 aliphatic rings. The fourth-order valence-corrected chi connectivity index (χ4v) is 4.35. The highest BCUT2D eigenvalue weighted by molar-refractivity contribution is 5.85. The number of amides is 1. The van der Waals surface area contributed by atoms with Crippen LogP contribution in [0.1, 0.15) is 52.4 Å². The largest absolute Gasteiger partial charge is 0.368 e. The van der Waals surface area contributed by atoms with E-state index in [0.717, 1.165) is 38.1 Å². The summed E-state index contributed by atoms with van der Waals surface area (Å²) in [5, 5.41) is 3.24. The molecule has 2 fully saturated rings. The lowest BCUT2D eigenvalue weighted by molar-refractivity contribution is -0.125. The van der Waals surface area contributed by atoms with E-state index in [-0.39, 0.29) is 5.91 Å². The van der Waals surface area contributed by atoms with Crippen molar-refractivity contribution in [2.45, 2.75) is 64.0 Å². The van der Waals surface area contributed by atoms with Gasteiger partial charge in [-0.2, -0.15) is 0 Å². The third-order valence-corrected chi connectivity index (χ3v) is 5.75. The Hall–Kier alpha value is -0.610. The summed E-state index contributed by atoms with van der Waals surface area (Å²) < 4.78 is 0. The molecule has 1 aliphatic heterocycles. The highest BCUT2D eigenvalue weighted by atomic mass is 16.1. The maximum atomic E-state index is 11.9. The standard InChI is InChI=1S/C16H31N3O/c1-12-6-9-19(13(2)11-12)10-7-14-5-4-8-16(14,18-3)15(17)20/h12-14,18H,4-11H2,1-3H3,(H2,17,20). The summed E-state index contributed by atoms with van der Waals surface area (Å²) in [6.45, 7) is 7.00. The predicted octanol–water partition coefficient (Wildman–Crippen LogP) is 1.74. The van der Waals surface area contributed by atoms with Crippen molar-refractivity contribution in [3.05, 3.63) is 0 Å². The smallest absolute Gasteiger partial charge is 0.238 e. The zero-order chi connectivity index (χ0) is 14.8. The summed E-state index contributed by atoms with van der Waals surface area (Å²) in [6.07, 6.45) is 6.84. The number of nitrogens with zero attached hydrogens (tertiary/aromatic N) is 1. The highest BCUT2D eigenvalue weighted by Gasteiger charge is 2.46. The molecular weight excluding hydrogens is 250 g/mol. The molecule has 1 heterocycles. The van der Waals surface area contributed by atoms with Gasteiger partial charge in [0.15, 0.2) is 0 Å². The molecule has 4 heteroatoms. The van der Waals surface area contributed by atoms with Crippen LogP contribution < -0.4 is 11.1 Å². The number of likely N-dealkylation sites (N-methyl/N-ethyl adjacent to an activating group) is 1. The van der Waals surface area contributed by atoms with Crippen molar-refractivity contribution < 1.29 is 4.79 Å². The molecule has 0 spiro atoms. The summed E-state index contributed by atoms with van der Waals surface area (Å²) in [5.74, 6) is 1.09. The molecule has 4 atom stereocenters. The molecule has 0 radical (unpaired) electrons. The normalized spacial score (nSPS) is 39.0. The number of likely N-dealkylation sites (tertiary alicyclic amines) is 1. The zero-order valence-corrected chi connectivity index (χ0v) is 13.3. The molecular formula is C16H31N3O. The van der Waals surface area contributed by atoms with E-state index in [0.29, 0.717) is 12.0 Å². The Morgan fingerprint density at radius 1 is 1.40 bits per heavy atom. The molecule has 0 aromatic rings. The van der Waals surface area contributed by atoms with Crippen LogP contribution in [0.5, 0.6) is 0 Å². The third-order valence-electron chi connectivity index (χ3n) is 5.75. The molecule has 1 saturated carbocycles. The molecule has 20 heavy (non-hydrogen) atoms. The van der Waals surface area contributed by atoms with E-state index in [1.165, 1.54) is 19.4 Å². The summed E-state index contributed by atoms with van der Waals surface area (Å²) in [5.41, 5.74) is 5.22. The second kappa shape index (κ2) is 6.44. The summed E-state index contributed by atoms with van der Waals surface area (Å²) in [4.78, 5) is 14.5. The molecule has 2 rings (SSSR count). The second-order valence-electron chi connectivity index (χ2n) is 6.98. The molecule has 0 bridgehead atoms. The predicted molar refractivity (Wildman–Crippen MR) is 82.4 cm³/mol. The van der Waals surface area contributed by atoms with Gasteiger partial charge in [0.25, 0.3) is 0 Å². The topological polar surface area (TPSA) is 58.4 Å². The van der Waals surface area contributed by atoms with Crippen molar-refractivity contribution in [1.29, 1.82) is 0 Å². The SMILES string of the molecule is CNC1(C(N)=O)CCCC1CCN1CCC(C)CC1C. The van der Waals surface area contributed by atoms with Gasteiger partial charge in [-0.25, -0.2) is 0 Å². The average molecular weight is 281 g/mol. The summed E-state index contributed by atoms with van der Waals surface area (Å²) in [7, 11) is 1.88. The zero-order valence-electron chi connectivity index (χ0n) is 13.3. The lowest BCUT2D eigenvalue weighted by atomic mass is 9.83. The Morgan fingerprint density at radius 3 is 2.75 bits per heavy atom. The Morgan fingerprint density at radius 2 is 2.15 bits per heavy atom. The Bertz CT molecular complexity index is 347. The van der Waals surface area contributed by atoms with E-state index in [9.17, 15) is 4.79 Å². The number of primary amides is 1. The van der Waals surface area contributed by atoms with Crippen LogP contribution in [0.4, 0.5) is 0 Å². The third kappa shape index (κ3) is 3.01. The van der Waals surface area contributed by atoms with E-state index in [1.54, 1.807) is 0 Å². The van der Waals surface area contributed by atoms with E-state index in [1.807, 2.05) is 7.05 Å². The Labute approximate surface area is 123 Å². The van der Waals surface area contributed by atoms with E-state index in [4.69, 9.17) is 5.73 Å². The summed E-state index contributed by atoms with van der Waals surface area (Å²) >= 11 is 0. The van der Waals surface area contributed by atoms with Gasteiger partial charge < -0.3 is 16.0 Å². The van der Waals surface area contributed by atoms with Crippen LogP contribution in [0.15, 0.2) is 0 Å². The van der Waals surface area contributed by atoms with Crippen molar-refractivity contribution in [2.24, 2.45) is 17.6 Å². The number of hydrogen-bond acceptors (Lipinski definition) is 3. The van der Waals surface area contributed by atoms with Crippen LogP contribution >= 0.6 is 0 Å². The Kier molecular flexibility index (Phi) is 5.08.